The maximum absolute atomic E-state index is 9.23. The van der Waals surface area contributed by atoms with Crippen molar-refractivity contribution in [2.24, 2.45) is 0 Å². The Kier molecular flexibility index (Phi) is 2.26. The zero-order valence-electron chi connectivity index (χ0n) is 8.38. The van der Waals surface area contributed by atoms with Gasteiger partial charge in [-0.05, 0) is 31.9 Å². The van der Waals surface area contributed by atoms with Crippen LogP contribution >= 0.6 is 0 Å². The van der Waals surface area contributed by atoms with Crippen LogP contribution in [0.1, 0.15) is 24.0 Å². The fourth-order valence-electron chi connectivity index (χ4n) is 1.99. The molecule has 0 amide bonds. The first-order chi connectivity index (χ1) is 6.77. The number of nitriles is 1. The number of nitrogens with one attached hydrogen (secondary N) is 1. The first-order valence-electron chi connectivity index (χ1n) is 5.00. The van der Waals surface area contributed by atoms with Crippen molar-refractivity contribution in [3.8, 4) is 6.07 Å². The lowest BCUT2D eigenvalue weighted by atomic mass is 9.89. The molecule has 0 aromatic heterocycles. The lowest BCUT2D eigenvalue weighted by molar-refractivity contribution is 0.509. The van der Waals surface area contributed by atoms with Crippen LogP contribution in [0.15, 0.2) is 24.3 Å². The molecule has 0 radical (unpaired) electrons. The van der Waals surface area contributed by atoms with E-state index in [1.807, 2.05) is 0 Å². The van der Waals surface area contributed by atoms with E-state index in [9.17, 15) is 5.26 Å². The third-order valence-corrected chi connectivity index (χ3v) is 2.89. The lowest BCUT2D eigenvalue weighted by Gasteiger charge is -2.21. The van der Waals surface area contributed by atoms with E-state index in [0.29, 0.717) is 0 Å². The number of aryl methyl sites for hydroxylation is 1. The minimum absolute atomic E-state index is 0.423. The minimum Gasteiger partial charge on any atom is -0.296 e. The van der Waals surface area contributed by atoms with Gasteiger partial charge in [-0.1, -0.05) is 29.8 Å². The molecule has 0 saturated carbocycles. The molecule has 0 aliphatic carbocycles. The highest BCUT2D eigenvalue weighted by molar-refractivity contribution is 5.34. The molecular weight excluding hydrogens is 172 g/mol. The Bertz CT molecular complexity index is 353. The SMILES string of the molecule is Cc1ccc(C2(C#N)CCCN2)cc1. The highest BCUT2D eigenvalue weighted by atomic mass is 15.0. The highest BCUT2D eigenvalue weighted by Crippen LogP contribution is 2.30. The molecule has 2 rings (SSSR count). The van der Waals surface area contributed by atoms with Crippen LogP contribution in [0.3, 0.4) is 0 Å². The third-order valence-electron chi connectivity index (χ3n) is 2.89. The van der Waals surface area contributed by atoms with Crippen LogP contribution in [0.4, 0.5) is 0 Å². The minimum atomic E-state index is -0.423. The second-order valence-corrected chi connectivity index (χ2v) is 3.91. The Hall–Kier alpha value is -1.33. The van der Waals surface area contributed by atoms with Crippen LogP contribution < -0.4 is 5.32 Å². The summed E-state index contributed by atoms with van der Waals surface area (Å²) in [6, 6.07) is 10.6. The Morgan fingerprint density at radius 1 is 1.36 bits per heavy atom. The van der Waals surface area contributed by atoms with Crippen molar-refractivity contribution < 1.29 is 0 Å². The molecule has 1 aromatic rings. The fourth-order valence-corrected chi connectivity index (χ4v) is 1.99. The summed E-state index contributed by atoms with van der Waals surface area (Å²) in [6.45, 7) is 3.01. The second kappa shape index (κ2) is 3.43. The van der Waals surface area contributed by atoms with E-state index in [1.165, 1.54) is 5.56 Å². The van der Waals surface area contributed by atoms with Gasteiger partial charge in [-0.3, -0.25) is 5.32 Å². The van der Waals surface area contributed by atoms with Crippen LogP contribution in [-0.4, -0.2) is 6.54 Å². The van der Waals surface area contributed by atoms with Gasteiger partial charge >= 0.3 is 0 Å². The van der Waals surface area contributed by atoms with Gasteiger partial charge in [0.2, 0.25) is 0 Å². The summed E-state index contributed by atoms with van der Waals surface area (Å²) in [5.41, 5.74) is 1.91. The van der Waals surface area contributed by atoms with E-state index < -0.39 is 5.54 Å². The fraction of sp³-hybridized carbons (Fsp3) is 0.417. The van der Waals surface area contributed by atoms with E-state index in [2.05, 4.69) is 42.6 Å². The molecule has 1 atom stereocenters. The highest BCUT2D eigenvalue weighted by Gasteiger charge is 2.34. The van der Waals surface area contributed by atoms with Gasteiger partial charge in [0, 0.05) is 0 Å². The van der Waals surface area contributed by atoms with Gasteiger partial charge in [0.05, 0.1) is 6.07 Å². The molecule has 1 N–H and O–H groups in total. The van der Waals surface area contributed by atoms with Gasteiger partial charge in [-0.2, -0.15) is 5.26 Å². The van der Waals surface area contributed by atoms with Gasteiger partial charge in [-0.15, -0.1) is 0 Å². The first kappa shape index (κ1) is 9.23. The predicted octanol–water partition coefficient (Wildman–Crippen LogP) is 2.10. The number of hydrogen-bond acceptors (Lipinski definition) is 2. The Balaban J connectivity index is 2.37. The van der Waals surface area contributed by atoms with Gasteiger partial charge in [0.1, 0.15) is 5.54 Å². The molecule has 72 valence electrons. The van der Waals surface area contributed by atoms with Crippen molar-refractivity contribution in [1.29, 1.82) is 5.26 Å². The molecule has 1 saturated heterocycles. The van der Waals surface area contributed by atoms with Crippen molar-refractivity contribution in [3.63, 3.8) is 0 Å². The number of nitrogens with zero attached hydrogens (tertiary/aromatic N) is 1. The van der Waals surface area contributed by atoms with Crippen molar-refractivity contribution >= 4 is 0 Å². The summed E-state index contributed by atoms with van der Waals surface area (Å²) in [7, 11) is 0. The number of rotatable bonds is 1. The average molecular weight is 186 g/mol. The average Bonchev–Trinajstić information content (AvgIpc) is 2.68. The van der Waals surface area contributed by atoms with E-state index in [-0.39, 0.29) is 0 Å². The predicted molar refractivity (Wildman–Crippen MR) is 55.7 cm³/mol. The first-order valence-corrected chi connectivity index (χ1v) is 5.00. The van der Waals surface area contributed by atoms with E-state index in [4.69, 9.17) is 0 Å². The van der Waals surface area contributed by atoms with Gasteiger partial charge < -0.3 is 0 Å². The molecule has 2 heteroatoms. The summed E-state index contributed by atoms with van der Waals surface area (Å²) in [5.74, 6) is 0. The van der Waals surface area contributed by atoms with Crippen LogP contribution in [0.25, 0.3) is 0 Å². The van der Waals surface area contributed by atoms with E-state index >= 15 is 0 Å². The Morgan fingerprint density at radius 2 is 2.07 bits per heavy atom. The van der Waals surface area contributed by atoms with E-state index in [1.54, 1.807) is 0 Å². The van der Waals surface area contributed by atoms with Crippen molar-refractivity contribution in [3.05, 3.63) is 35.4 Å². The van der Waals surface area contributed by atoms with Gasteiger partial charge in [0.15, 0.2) is 0 Å². The van der Waals surface area contributed by atoms with Crippen molar-refractivity contribution in [2.75, 3.05) is 6.54 Å². The molecule has 14 heavy (non-hydrogen) atoms. The summed E-state index contributed by atoms with van der Waals surface area (Å²) >= 11 is 0. The zero-order valence-corrected chi connectivity index (χ0v) is 8.38. The van der Waals surface area contributed by atoms with Gasteiger partial charge in [-0.25, -0.2) is 0 Å². The molecule has 1 aromatic carbocycles. The molecule has 2 nitrogen and oxygen atoms in total. The molecule has 1 aliphatic rings. The standard InChI is InChI=1S/C12H14N2/c1-10-3-5-11(6-4-10)12(9-13)7-2-8-14-12/h3-6,14H,2,7-8H2,1H3. The third kappa shape index (κ3) is 1.40. The summed E-state index contributed by atoms with van der Waals surface area (Å²) in [4.78, 5) is 0. The van der Waals surface area contributed by atoms with Crippen LogP contribution in [0.5, 0.6) is 0 Å². The van der Waals surface area contributed by atoms with Gasteiger partial charge in [0.25, 0.3) is 0 Å². The van der Waals surface area contributed by atoms with E-state index in [0.717, 1.165) is 24.9 Å². The summed E-state index contributed by atoms with van der Waals surface area (Å²) in [5, 5.41) is 12.5. The molecule has 0 spiro atoms. The second-order valence-electron chi connectivity index (χ2n) is 3.91. The Morgan fingerprint density at radius 3 is 2.57 bits per heavy atom. The quantitative estimate of drug-likeness (QED) is 0.729. The molecule has 1 fully saturated rings. The maximum atomic E-state index is 9.23. The van der Waals surface area contributed by atoms with Crippen LogP contribution in [-0.2, 0) is 5.54 Å². The molecule has 1 aliphatic heterocycles. The maximum Gasteiger partial charge on any atom is 0.132 e. The smallest absolute Gasteiger partial charge is 0.132 e. The van der Waals surface area contributed by atoms with Crippen molar-refractivity contribution in [2.45, 2.75) is 25.3 Å². The normalized spacial score (nSPS) is 26.0. The van der Waals surface area contributed by atoms with Crippen LogP contribution in [0.2, 0.25) is 0 Å². The molecule has 1 unspecified atom stereocenters. The number of benzene rings is 1. The summed E-state index contributed by atoms with van der Waals surface area (Å²) < 4.78 is 0. The number of hydrogen-bond donors (Lipinski definition) is 1. The molecule has 1 heterocycles. The molecule has 0 bridgehead atoms. The van der Waals surface area contributed by atoms with Crippen molar-refractivity contribution in [1.82, 2.24) is 5.32 Å². The zero-order chi connectivity index (χ0) is 10.0. The monoisotopic (exact) mass is 186 g/mol. The molecular formula is C12H14N2. The Labute approximate surface area is 84.6 Å². The topological polar surface area (TPSA) is 35.8 Å². The lowest BCUT2D eigenvalue weighted by Crippen LogP contribution is -2.34. The largest absolute Gasteiger partial charge is 0.296 e. The summed E-state index contributed by atoms with van der Waals surface area (Å²) in [6.07, 6.45) is 2.01. The van der Waals surface area contributed by atoms with Crippen LogP contribution in [0, 0.1) is 18.3 Å².